The number of nitrogens with zero attached hydrogens (tertiary/aromatic N) is 2. The van der Waals surface area contributed by atoms with Crippen molar-refractivity contribution in [2.75, 3.05) is 0 Å². The van der Waals surface area contributed by atoms with E-state index in [2.05, 4.69) is 15.2 Å². The predicted octanol–water partition coefficient (Wildman–Crippen LogP) is 3.56. The first-order chi connectivity index (χ1) is 10.2. The third-order valence-electron chi connectivity index (χ3n) is 3.23. The summed E-state index contributed by atoms with van der Waals surface area (Å²) >= 11 is 6.11. The molecular formula is C15H12ClN3O2. The van der Waals surface area contributed by atoms with Gasteiger partial charge in [0.15, 0.2) is 6.29 Å². The number of benzene rings is 1. The molecule has 1 unspecified atom stereocenters. The topological polar surface area (TPSA) is 67.9 Å². The van der Waals surface area contributed by atoms with Gasteiger partial charge in [-0.05, 0) is 31.2 Å². The maximum absolute atomic E-state index is 10.9. The van der Waals surface area contributed by atoms with Crippen LogP contribution in [0.4, 0.5) is 0 Å². The summed E-state index contributed by atoms with van der Waals surface area (Å²) in [6, 6.07) is 7.22. The van der Waals surface area contributed by atoms with Crippen LogP contribution in [0.1, 0.15) is 29.1 Å². The third-order valence-corrected chi connectivity index (χ3v) is 3.54. The largest absolute Gasteiger partial charge is 0.486 e. The van der Waals surface area contributed by atoms with Gasteiger partial charge in [-0.15, -0.1) is 0 Å². The molecule has 0 spiro atoms. The number of H-pyrrole nitrogens is 1. The van der Waals surface area contributed by atoms with Gasteiger partial charge < -0.3 is 4.74 Å². The van der Waals surface area contributed by atoms with Crippen LogP contribution in [0, 0.1) is 0 Å². The van der Waals surface area contributed by atoms with E-state index < -0.39 is 0 Å². The second-order valence-corrected chi connectivity index (χ2v) is 5.00. The second-order valence-electron chi connectivity index (χ2n) is 4.59. The van der Waals surface area contributed by atoms with Crippen LogP contribution in [0.25, 0.3) is 10.9 Å². The first-order valence-corrected chi connectivity index (χ1v) is 6.76. The monoisotopic (exact) mass is 301 g/mol. The number of aromatic nitrogens is 3. The molecule has 21 heavy (non-hydrogen) atoms. The number of carbonyl (C=O) groups excluding carboxylic acids is 1. The maximum Gasteiger partial charge on any atom is 0.168 e. The van der Waals surface area contributed by atoms with E-state index in [0.29, 0.717) is 16.5 Å². The Morgan fingerprint density at radius 2 is 2.24 bits per heavy atom. The Kier molecular flexibility index (Phi) is 3.58. The van der Waals surface area contributed by atoms with Gasteiger partial charge in [-0.1, -0.05) is 11.6 Å². The lowest BCUT2D eigenvalue weighted by atomic mass is 10.1. The van der Waals surface area contributed by atoms with Gasteiger partial charge >= 0.3 is 0 Å². The number of nitrogens with one attached hydrogen (secondary N) is 1. The molecular weight excluding hydrogens is 290 g/mol. The average molecular weight is 302 g/mol. The van der Waals surface area contributed by atoms with Crippen LogP contribution in [0.2, 0.25) is 5.02 Å². The van der Waals surface area contributed by atoms with E-state index in [-0.39, 0.29) is 6.10 Å². The SMILES string of the molecule is CC(Oc1ccc2n[nH]c(C=O)c2c1)c1ccncc1Cl. The molecule has 1 aromatic carbocycles. The molecule has 0 bridgehead atoms. The molecule has 106 valence electrons. The summed E-state index contributed by atoms with van der Waals surface area (Å²) < 4.78 is 5.89. The molecule has 0 amide bonds. The Bertz CT molecular complexity index is 800. The van der Waals surface area contributed by atoms with Crippen molar-refractivity contribution in [3.63, 3.8) is 0 Å². The molecule has 2 heterocycles. The van der Waals surface area contributed by atoms with E-state index in [0.717, 1.165) is 22.8 Å². The number of aldehydes is 1. The summed E-state index contributed by atoms with van der Waals surface area (Å²) in [6.45, 7) is 1.90. The van der Waals surface area contributed by atoms with Gasteiger partial charge in [0, 0.05) is 23.3 Å². The highest BCUT2D eigenvalue weighted by Gasteiger charge is 2.12. The summed E-state index contributed by atoms with van der Waals surface area (Å²) in [4.78, 5) is 14.9. The van der Waals surface area contributed by atoms with E-state index in [1.165, 1.54) is 0 Å². The summed E-state index contributed by atoms with van der Waals surface area (Å²) in [6.07, 6.45) is 3.76. The smallest absolute Gasteiger partial charge is 0.168 e. The third kappa shape index (κ3) is 2.60. The van der Waals surface area contributed by atoms with Crippen LogP contribution in [0.5, 0.6) is 5.75 Å². The molecule has 0 aliphatic carbocycles. The van der Waals surface area contributed by atoms with Gasteiger partial charge in [0.2, 0.25) is 0 Å². The lowest BCUT2D eigenvalue weighted by molar-refractivity contribution is 0.112. The Morgan fingerprint density at radius 3 is 3.00 bits per heavy atom. The zero-order chi connectivity index (χ0) is 14.8. The van der Waals surface area contributed by atoms with Gasteiger partial charge in [-0.2, -0.15) is 5.10 Å². The van der Waals surface area contributed by atoms with Crippen molar-refractivity contribution in [2.45, 2.75) is 13.0 Å². The Morgan fingerprint density at radius 1 is 1.38 bits per heavy atom. The normalized spacial score (nSPS) is 12.3. The number of rotatable bonds is 4. The van der Waals surface area contributed by atoms with Crippen LogP contribution in [0.15, 0.2) is 36.7 Å². The van der Waals surface area contributed by atoms with Crippen LogP contribution in [-0.4, -0.2) is 21.5 Å². The number of ether oxygens (including phenoxy) is 1. The van der Waals surface area contributed by atoms with E-state index in [1.54, 1.807) is 24.5 Å². The fourth-order valence-corrected chi connectivity index (χ4v) is 2.43. The van der Waals surface area contributed by atoms with Crippen LogP contribution < -0.4 is 4.74 Å². The fourth-order valence-electron chi connectivity index (χ4n) is 2.16. The minimum Gasteiger partial charge on any atom is -0.486 e. The highest BCUT2D eigenvalue weighted by atomic mass is 35.5. The molecule has 6 heteroatoms. The number of aromatic amines is 1. The highest BCUT2D eigenvalue weighted by molar-refractivity contribution is 6.31. The zero-order valence-corrected chi connectivity index (χ0v) is 12.0. The number of hydrogen-bond acceptors (Lipinski definition) is 4. The van der Waals surface area contributed by atoms with Crippen LogP contribution in [0.3, 0.4) is 0 Å². The lowest BCUT2D eigenvalue weighted by Crippen LogP contribution is -2.04. The molecule has 5 nitrogen and oxygen atoms in total. The Hall–Kier alpha value is -2.40. The van der Waals surface area contributed by atoms with Gasteiger partial charge in [-0.25, -0.2) is 0 Å². The van der Waals surface area contributed by atoms with Crippen LogP contribution in [-0.2, 0) is 0 Å². The number of hydrogen-bond donors (Lipinski definition) is 1. The van der Waals surface area contributed by atoms with Gasteiger partial charge in [0.25, 0.3) is 0 Å². The minimum atomic E-state index is -0.232. The predicted molar refractivity (Wildman–Crippen MR) is 79.8 cm³/mol. The Balaban J connectivity index is 1.91. The molecule has 0 fully saturated rings. The summed E-state index contributed by atoms with van der Waals surface area (Å²) in [5.41, 5.74) is 2.01. The van der Waals surface area contributed by atoms with Gasteiger partial charge in [0.1, 0.15) is 17.5 Å². The summed E-state index contributed by atoms with van der Waals surface area (Å²) in [5, 5.41) is 8.01. The molecule has 3 aromatic rings. The van der Waals surface area contributed by atoms with E-state index in [1.807, 2.05) is 19.1 Å². The van der Waals surface area contributed by atoms with Crippen LogP contribution >= 0.6 is 11.6 Å². The van der Waals surface area contributed by atoms with Crippen molar-refractivity contribution in [2.24, 2.45) is 0 Å². The molecule has 3 rings (SSSR count). The molecule has 0 saturated carbocycles. The quantitative estimate of drug-likeness (QED) is 0.748. The highest BCUT2D eigenvalue weighted by Crippen LogP contribution is 2.28. The van der Waals surface area contributed by atoms with Crippen molar-refractivity contribution >= 4 is 28.8 Å². The van der Waals surface area contributed by atoms with E-state index in [9.17, 15) is 4.79 Å². The molecule has 1 N–H and O–H groups in total. The molecule has 0 aliphatic rings. The number of pyridine rings is 1. The van der Waals surface area contributed by atoms with E-state index in [4.69, 9.17) is 16.3 Å². The summed E-state index contributed by atoms with van der Waals surface area (Å²) in [5.74, 6) is 0.646. The Labute approximate surface area is 125 Å². The van der Waals surface area contributed by atoms with Crippen molar-refractivity contribution in [3.8, 4) is 5.75 Å². The average Bonchev–Trinajstić information content (AvgIpc) is 2.90. The van der Waals surface area contributed by atoms with Crippen molar-refractivity contribution in [1.82, 2.24) is 15.2 Å². The molecule has 0 saturated heterocycles. The van der Waals surface area contributed by atoms with Crippen molar-refractivity contribution in [1.29, 1.82) is 0 Å². The summed E-state index contributed by atoms with van der Waals surface area (Å²) in [7, 11) is 0. The number of fused-ring (bicyclic) bond motifs is 1. The lowest BCUT2D eigenvalue weighted by Gasteiger charge is -2.16. The van der Waals surface area contributed by atoms with Crippen molar-refractivity contribution in [3.05, 3.63) is 52.9 Å². The maximum atomic E-state index is 10.9. The number of halogens is 1. The van der Waals surface area contributed by atoms with E-state index >= 15 is 0 Å². The van der Waals surface area contributed by atoms with Crippen molar-refractivity contribution < 1.29 is 9.53 Å². The number of carbonyl (C=O) groups is 1. The van der Waals surface area contributed by atoms with Gasteiger partial charge in [0.05, 0.1) is 10.5 Å². The van der Waals surface area contributed by atoms with Gasteiger partial charge in [-0.3, -0.25) is 14.9 Å². The molecule has 1 atom stereocenters. The fraction of sp³-hybridized carbons (Fsp3) is 0.133. The first kappa shape index (κ1) is 13.6. The molecule has 0 radical (unpaired) electrons. The molecule has 0 aliphatic heterocycles. The molecule has 2 aromatic heterocycles. The standard InChI is InChI=1S/C15H12ClN3O2/c1-9(11-4-5-17-7-13(11)16)21-10-2-3-14-12(6-10)15(8-20)19-18-14/h2-9H,1H3,(H,18,19). The first-order valence-electron chi connectivity index (χ1n) is 6.38. The zero-order valence-electron chi connectivity index (χ0n) is 11.2. The second kappa shape index (κ2) is 5.54. The minimum absolute atomic E-state index is 0.232.